The van der Waals surface area contributed by atoms with E-state index in [0.29, 0.717) is 35.3 Å². The van der Waals surface area contributed by atoms with Gasteiger partial charge < -0.3 is 10.2 Å². The molecule has 2 N–H and O–H groups in total. The summed E-state index contributed by atoms with van der Waals surface area (Å²) in [7, 11) is 0. The predicted octanol–water partition coefficient (Wildman–Crippen LogP) is 5.81. The van der Waals surface area contributed by atoms with Gasteiger partial charge in [0.1, 0.15) is 5.75 Å². The molecular weight excluding hydrogens is 356 g/mol. The number of fused-ring (bicyclic) bond motifs is 5. The molecule has 0 spiro atoms. The van der Waals surface area contributed by atoms with E-state index in [1.165, 1.54) is 29.5 Å². The van der Waals surface area contributed by atoms with Crippen LogP contribution in [-0.4, -0.2) is 16.3 Å². The van der Waals surface area contributed by atoms with Crippen LogP contribution in [-0.2, 0) is 6.42 Å². The van der Waals surface area contributed by atoms with Crippen LogP contribution in [0.25, 0.3) is 0 Å². The number of allylic oxidation sites excluding steroid dienone is 1. The van der Waals surface area contributed by atoms with Crippen molar-refractivity contribution in [3.63, 3.8) is 0 Å². The van der Waals surface area contributed by atoms with Gasteiger partial charge in [-0.25, -0.2) is 0 Å². The van der Waals surface area contributed by atoms with Gasteiger partial charge in [0.2, 0.25) is 0 Å². The summed E-state index contributed by atoms with van der Waals surface area (Å²) in [6.07, 6.45) is 6.92. The van der Waals surface area contributed by atoms with Gasteiger partial charge in [0.15, 0.2) is 0 Å². The van der Waals surface area contributed by atoms with Crippen molar-refractivity contribution in [1.82, 2.24) is 0 Å². The second-order valence-corrected chi connectivity index (χ2v) is 9.97. The lowest BCUT2D eigenvalue weighted by Gasteiger charge is -2.53. The van der Waals surface area contributed by atoms with E-state index in [1.807, 2.05) is 18.2 Å². The molecule has 2 heteroatoms. The molecule has 0 bridgehead atoms. The van der Waals surface area contributed by atoms with Gasteiger partial charge in [-0.05, 0) is 95.9 Å². The molecule has 2 nitrogen and oxygen atoms in total. The normalized spacial score (nSPS) is 38.0. The summed E-state index contributed by atoms with van der Waals surface area (Å²) < 4.78 is 0. The van der Waals surface area contributed by atoms with Crippen LogP contribution in [0.15, 0.2) is 61.2 Å². The summed E-state index contributed by atoms with van der Waals surface area (Å²) in [5, 5.41) is 21.1. The molecule has 2 aromatic carbocycles. The van der Waals surface area contributed by atoms with Gasteiger partial charge >= 0.3 is 0 Å². The molecule has 2 fully saturated rings. The first kappa shape index (κ1) is 18.9. The average molecular weight is 389 g/mol. The topological polar surface area (TPSA) is 40.5 Å². The zero-order valence-electron chi connectivity index (χ0n) is 17.3. The molecular formula is C27H32O2. The van der Waals surface area contributed by atoms with Crippen molar-refractivity contribution >= 4 is 0 Å². The Bertz CT molecular complexity index is 904. The fraction of sp³-hybridized carbons (Fsp3) is 0.481. The summed E-state index contributed by atoms with van der Waals surface area (Å²) in [6, 6.07) is 16.9. The molecule has 2 aromatic rings. The molecule has 7 atom stereocenters. The second-order valence-electron chi connectivity index (χ2n) is 9.97. The molecule has 5 rings (SSSR count). The number of hydrogen-bond acceptors (Lipinski definition) is 2. The second kappa shape index (κ2) is 7.02. The molecule has 29 heavy (non-hydrogen) atoms. The number of phenols is 1. The van der Waals surface area contributed by atoms with E-state index in [4.69, 9.17) is 0 Å². The van der Waals surface area contributed by atoms with Crippen molar-refractivity contribution in [2.45, 2.75) is 57.0 Å². The molecule has 3 aliphatic carbocycles. The lowest BCUT2D eigenvalue weighted by Crippen LogP contribution is -2.45. The van der Waals surface area contributed by atoms with Crippen LogP contribution in [0.1, 0.15) is 61.1 Å². The van der Waals surface area contributed by atoms with Gasteiger partial charge in [-0.2, -0.15) is 0 Å². The summed E-state index contributed by atoms with van der Waals surface area (Å²) in [6.45, 7) is 6.43. The zero-order valence-corrected chi connectivity index (χ0v) is 17.3. The number of aliphatic hydroxyl groups excluding tert-OH is 1. The molecule has 0 heterocycles. The molecule has 0 saturated heterocycles. The third-order valence-corrected chi connectivity index (χ3v) is 8.44. The van der Waals surface area contributed by atoms with Gasteiger partial charge in [-0.1, -0.05) is 49.4 Å². The van der Waals surface area contributed by atoms with E-state index >= 15 is 0 Å². The van der Waals surface area contributed by atoms with Crippen LogP contribution in [0, 0.1) is 23.2 Å². The standard InChI is InChI=1S/C27H32O2/c1-3-7-22-24(29)16-27(2)13-12-21-20-11-10-19(28)14-18(20)15-23(25(21)26(22)27)17-8-5-4-6-9-17/h3-6,8-11,14,21-26,28-29H,1,7,12-13,15-16H2,2H3/t21-,22-,23+,24-,25+,26+,27-/m1/s1. The minimum atomic E-state index is -0.223. The van der Waals surface area contributed by atoms with Crippen LogP contribution in [0.2, 0.25) is 0 Å². The van der Waals surface area contributed by atoms with Gasteiger partial charge in [-0.3, -0.25) is 0 Å². The van der Waals surface area contributed by atoms with Crippen LogP contribution < -0.4 is 0 Å². The molecule has 0 unspecified atom stereocenters. The maximum absolute atomic E-state index is 11.0. The number of rotatable bonds is 3. The van der Waals surface area contributed by atoms with Crippen LogP contribution >= 0.6 is 0 Å². The van der Waals surface area contributed by atoms with Gasteiger partial charge in [0.25, 0.3) is 0 Å². The third kappa shape index (κ3) is 2.95. The maximum atomic E-state index is 11.0. The first-order valence-corrected chi connectivity index (χ1v) is 11.2. The van der Waals surface area contributed by atoms with Crippen molar-refractivity contribution in [3.05, 3.63) is 77.9 Å². The van der Waals surface area contributed by atoms with Gasteiger partial charge in [-0.15, -0.1) is 6.58 Å². The fourth-order valence-corrected chi connectivity index (χ4v) is 7.40. The summed E-state index contributed by atoms with van der Waals surface area (Å²) in [4.78, 5) is 0. The summed E-state index contributed by atoms with van der Waals surface area (Å²) in [5.74, 6) is 2.63. The summed E-state index contributed by atoms with van der Waals surface area (Å²) >= 11 is 0. The average Bonchev–Trinajstić information content (AvgIpc) is 2.97. The quantitative estimate of drug-likeness (QED) is 0.652. The van der Waals surface area contributed by atoms with Gasteiger partial charge in [0, 0.05) is 0 Å². The number of aromatic hydroxyl groups is 1. The van der Waals surface area contributed by atoms with Crippen LogP contribution in [0.3, 0.4) is 0 Å². The largest absolute Gasteiger partial charge is 0.508 e. The Labute approximate surface area is 174 Å². The molecule has 0 aliphatic heterocycles. The minimum Gasteiger partial charge on any atom is -0.508 e. The van der Waals surface area contributed by atoms with Crippen molar-refractivity contribution in [2.75, 3.05) is 0 Å². The van der Waals surface area contributed by atoms with E-state index in [0.717, 1.165) is 19.3 Å². The Morgan fingerprint density at radius 2 is 1.93 bits per heavy atom. The van der Waals surface area contributed by atoms with E-state index in [-0.39, 0.29) is 11.5 Å². The number of aliphatic hydroxyl groups is 1. The Kier molecular flexibility index (Phi) is 4.58. The Balaban J connectivity index is 1.66. The van der Waals surface area contributed by atoms with Crippen molar-refractivity contribution < 1.29 is 10.2 Å². The van der Waals surface area contributed by atoms with Gasteiger partial charge in [0.05, 0.1) is 6.10 Å². The molecule has 152 valence electrons. The lowest BCUT2D eigenvalue weighted by atomic mass is 9.50. The Hall–Kier alpha value is -2.06. The number of benzene rings is 2. The van der Waals surface area contributed by atoms with E-state index in [9.17, 15) is 10.2 Å². The molecule has 0 amide bonds. The SMILES string of the molecule is C=CC[C@H]1[C@H]2[C@H]3[C@H](CC[C@]2(C)C[C@H]1O)c1ccc(O)cc1C[C@H]3c1ccccc1. The highest BCUT2D eigenvalue weighted by molar-refractivity contribution is 5.43. The van der Waals surface area contributed by atoms with Crippen LogP contribution in [0.5, 0.6) is 5.75 Å². The van der Waals surface area contributed by atoms with Crippen molar-refractivity contribution in [3.8, 4) is 5.75 Å². The molecule has 0 radical (unpaired) electrons. The Morgan fingerprint density at radius 1 is 1.14 bits per heavy atom. The first-order valence-electron chi connectivity index (χ1n) is 11.2. The third-order valence-electron chi connectivity index (χ3n) is 8.44. The van der Waals surface area contributed by atoms with E-state index in [2.05, 4.69) is 49.9 Å². The maximum Gasteiger partial charge on any atom is 0.115 e. The highest BCUT2D eigenvalue weighted by Gasteiger charge is 2.59. The number of phenolic OH excluding ortho intramolecular Hbond substituents is 1. The van der Waals surface area contributed by atoms with E-state index < -0.39 is 0 Å². The Morgan fingerprint density at radius 3 is 2.69 bits per heavy atom. The zero-order chi connectivity index (χ0) is 20.2. The van der Waals surface area contributed by atoms with E-state index in [1.54, 1.807) is 0 Å². The van der Waals surface area contributed by atoms with Crippen LogP contribution in [0.4, 0.5) is 0 Å². The molecule has 0 aromatic heterocycles. The minimum absolute atomic E-state index is 0.204. The first-order chi connectivity index (χ1) is 14.0. The predicted molar refractivity (Wildman–Crippen MR) is 117 cm³/mol. The lowest BCUT2D eigenvalue weighted by molar-refractivity contribution is 0.0187. The fourth-order valence-electron chi connectivity index (χ4n) is 7.40. The van der Waals surface area contributed by atoms with Crippen molar-refractivity contribution in [1.29, 1.82) is 0 Å². The van der Waals surface area contributed by atoms with Crippen molar-refractivity contribution in [2.24, 2.45) is 23.2 Å². The summed E-state index contributed by atoms with van der Waals surface area (Å²) in [5.41, 5.74) is 4.35. The molecule has 3 aliphatic rings. The number of hydrogen-bond donors (Lipinski definition) is 2. The monoisotopic (exact) mass is 388 g/mol. The smallest absolute Gasteiger partial charge is 0.115 e. The highest BCUT2D eigenvalue weighted by atomic mass is 16.3. The molecule has 2 saturated carbocycles. The highest BCUT2D eigenvalue weighted by Crippen LogP contribution is 2.65.